The molecule has 0 aliphatic heterocycles. The number of hydrogen-bond acceptors (Lipinski definition) is 2. The molecule has 0 bridgehead atoms. The van der Waals surface area contributed by atoms with E-state index < -0.39 is 0 Å². The van der Waals surface area contributed by atoms with Crippen molar-refractivity contribution in [2.24, 2.45) is 0 Å². The molecule has 100 valence electrons. The molecule has 1 fully saturated rings. The van der Waals surface area contributed by atoms with Gasteiger partial charge in [0.2, 0.25) is 0 Å². The second kappa shape index (κ2) is 5.75. The van der Waals surface area contributed by atoms with Gasteiger partial charge in [0.05, 0.1) is 0 Å². The topological polar surface area (TPSA) is 21.3 Å². The summed E-state index contributed by atoms with van der Waals surface area (Å²) in [5, 5.41) is 3.39. The Morgan fingerprint density at radius 1 is 1.00 bits per heavy atom. The third kappa shape index (κ3) is 2.86. The van der Waals surface area contributed by atoms with E-state index in [1.807, 2.05) is 7.05 Å². The fraction of sp³-hybridized carbons (Fsp3) is 0.625. The van der Waals surface area contributed by atoms with Crippen LogP contribution in [0.5, 0.6) is 5.75 Å². The minimum absolute atomic E-state index is 0.324. The van der Waals surface area contributed by atoms with Crippen LogP contribution in [-0.4, -0.2) is 19.2 Å². The van der Waals surface area contributed by atoms with Crippen molar-refractivity contribution in [3.63, 3.8) is 0 Å². The molecule has 2 unspecified atom stereocenters. The average Bonchev–Trinajstić information content (AvgIpc) is 2.36. The summed E-state index contributed by atoms with van der Waals surface area (Å²) in [5.41, 5.74) is 3.90. The maximum absolute atomic E-state index is 6.26. The first kappa shape index (κ1) is 13.4. The van der Waals surface area contributed by atoms with Gasteiger partial charge in [0.25, 0.3) is 0 Å². The maximum atomic E-state index is 6.26. The minimum Gasteiger partial charge on any atom is -0.489 e. The molecule has 1 N–H and O–H groups in total. The summed E-state index contributed by atoms with van der Waals surface area (Å²) in [6.07, 6.45) is 5.32. The number of likely N-dealkylation sites (N-methyl/N-ethyl adjacent to an activating group) is 1. The number of benzene rings is 1. The van der Waals surface area contributed by atoms with Gasteiger partial charge in [-0.3, -0.25) is 0 Å². The SMILES string of the molecule is CNC1CCCCC1Oc1cc(C)c(C)cc1C. The van der Waals surface area contributed by atoms with Gasteiger partial charge in [-0.2, -0.15) is 0 Å². The predicted octanol–water partition coefficient (Wildman–Crippen LogP) is 3.52. The van der Waals surface area contributed by atoms with Crippen LogP contribution in [0.2, 0.25) is 0 Å². The van der Waals surface area contributed by atoms with Crippen molar-refractivity contribution in [3.8, 4) is 5.75 Å². The highest BCUT2D eigenvalue weighted by Crippen LogP contribution is 2.28. The van der Waals surface area contributed by atoms with Crippen LogP contribution in [0.4, 0.5) is 0 Å². The van der Waals surface area contributed by atoms with Gasteiger partial charge in [0.1, 0.15) is 11.9 Å². The normalized spacial score (nSPS) is 24.0. The van der Waals surface area contributed by atoms with Gasteiger partial charge < -0.3 is 10.1 Å². The summed E-state index contributed by atoms with van der Waals surface area (Å²) in [4.78, 5) is 0. The second-order valence-corrected chi connectivity index (χ2v) is 5.54. The molecular formula is C16H25NO. The Balaban J connectivity index is 2.15. The Kier molecular flexibility index (Phi) is 4.28. The zero-order valence-corrected chi connectivity index (χ0v) is 12.0. The lowest BCUT2D eigenvalue weighted by molar-refractivity contribution is 0.117. The van der Waals surface area contributed by atoms with Crippen LogP contribution in [0.3, 0.4) is 0 Å². The molecule has 1 aromatic rings. The Morgan fingerprint density at radius 2 is 1.67 bits per heavy atom. The van der Waals surface area contributed by atoms with Crippen LogP contribution in [0, 0.1) is 20.8 Å². The highest BCUT2D eigenvalue weighted by Gasteiger charge is 2.25. The van der Waals surface area contributed by atoms with Gasteiger partial charge in [-0.25, -0.2) is 0 Å². The smallest absolute Gasteiger partial charge is 0.122 e. The van der Waals surface area contributed by atoms with Crippen molar-refractivity contribution < 1.29 is 4.74 Å². The number of ether oxygens (including phenoxy) is 1. The van der Waals surface area contributed by atoms with Crippen LogP contribution in [0.1, 0.15) is 42.4 Å². The maximum Gasteiger partial charge on any atom is 0.122 e. The van der Waals surface area contributed by atoms with Gasteiger partial charge >= 0.3 is 0 Å². The second-order valence-electron chi connectivity index (χ2n) is 5.54. The zero-order valence-electron chi connectivity index (χ0n) is 12.0. The highest BCUT2D eigenvalue weighted by molar-refractivity contribution is 5.41. The molecule has 2 atom stereocenters. The van der Waals surface area contributed by atoms with E-state index in [1.165, 1.54) is 36.0 Å². The monoisotopic (exact) mass is 247 g/mol. The zero-order chi connectivity index (χ0) is 13.1. The van der Waals surface area contributed by atoms with Gasteiger partial charge in [0, 0.05) is 6.04 Å². The number of hydrogen-bond donors (Lipinski definition) is 1. The third-order valence-electron chi connectivity index (χ3n) is 4.14. The van der Waals surface area contributed by atoms with Crippen molar-refractivity contribution in [3.05, 3.63) is 28.8 Å². The predicted molar refractivity (Wildman–Crippen MR) is 76.4 cm³/mol. The first-order chi connectivity index (χ1) is 8.61. The van der Waals surface area contributed by atoms with E-state index >= 15 is 0 Å². The fourth-order valence-corrected chi connectivity index (χ4v) is 2.79. The largest absolute Gasteiger partial charge is 0.489 e. The van der Waals surface area contributed by atoms with E-state index in [0.717, 1.165) is 12.2 Å². The van der Waals surface area contributed by atoms with E-state index in [4.69, 9.17) is 4.74 Å². The molecule has 2 rings (SSSR count). The molecule has 0 heterocycles. The van der Waals surface area contributed by atoms with Crippen molar-refractivity contribution in [2.75, 3.05) is 7.05 Å². The van der Waals surface area contributed by atoms with Crippen molar-refractivity contribution in [2.45, 2.75) is 58.6 Å². The Bertz CT molecular complexity index is 414. The van der Waals surface area contributed by atoms with Gasteiger partial charge in [-0.05, 0) is 69.8 Å². The van der Waals surface area contributed by atoms with Crippen LogP contribution >= 0.6 is 0 Å². The Morgan fingerprint density at radius 3 is 2.39 bits per heavy atom. The van der Waals surface area contributed by atoms with Crippen LogP contribution in [-0.2, 0) is 0 Å². The first-order valence-corrected chi connectivity index (χ1v) is 7.03. The van der Waals surface area contributed by atoms with E-state index in [0.29, 0.717) is 12.1 Å². The summed E-state index contributed by atoms with van der Waals surface area (Å²) in [5.74, 6) is 1.06. The van der Waals surface area contributed by atoms with Gasteiger partial charge in [0.15, 0.2) is 0 Å². The fourth-order valence-electron chi connectivity index (χ4n) is 2.79. The first-order valence-electron chi connectivity index (χ1n) is 7.03. The Hall–Kier alpha value is -1.02. The number of aryl methyl sites for hydroxylation is 3. The summed E-state index contributed by atoms with van der Waals surface area (Å²) in [6.45, 7) is 6.44. The average molecular weight is 247 g/mol. The quantitative estimate of drug-likeness (QED) is 0.882. The van der Waals surface area contributed by atoms with E-state index in [1.54, 1.807) is 0 Å². The van der Waals surface area contributed by atoms with Crippen LogP contribution < -0.4 is 10.1 Å². The van der Waals surface area contributed by atoms with Crippen molar-refractivity contribution >= 4 is 0 Å². The van der Waals surface area contributed by atoms with Crippen molar-refractivity contribution in [1.29, 1.82) is 0 Å². The lowest BCUT2D eigenvalue weighted by Gasteiger charge is -2.32. The summed E-state index contributed by atoms with van der Waals surface area (Å²) < 4.78 is 6.26. The van der Waals surface area contributed by atoms with Crippen LogP contribution in [0.15, 0.2) is 12.1 Å². The standard InChI is InChI=1S/C16H25NO/c1-11-9-13(3)16(10-12(11)2)18-15-8-6-5-7-14(15)17-4/h9-10,14-15,17H,5-8H2,1-4H3. The van der Waals surface area contributed by atoms with E-state index in [-0.39, 0.29) is 0 Å². The minimum atomic E-state index is 0.324. The highest BCUT2D eigenvalue weighted by atomic mass is 16.5. The molecule has 1 saturated carbocycles. The van der Waals surface area contributed by atoms with Crippen molar-refractivity contribution in [1.82, 2.24) is 5.32 Å². The molecule has 0 spiro atoms. The molecule has 0 radical (unpaired) electrons. The number of rotatable bonds is 3. The molecule has 0 aromatic heterocycles. The molecule has 2 heteroatoms. The van der Waals surface area contributed by atoms with Crippen LogP contribution in [0.25, 0.3) is 0 Å². The van der Waals surface area contributed by atoms with Gasteiger partial charge in [-0.15, -0.1) is 0 Å². The molecule has 1 aliphatic carbocycles. The lowest BCUT2D eigenvalue weighted by Crippen LogP contribution is -2.43. The number of nitrogens with one attached hydrogen (secondary N) is 1. The molecule has 0 amide bonds. The molecule has 1 aliphatic rings. The Labute approximate surface area is 111 Å². The van der Waals surface area contributed by atoms with E-state index in [2.05, 4.69) is 38.2 Å². The molecule has 1 aromatic carbocycles. The summed E-state index contributed by atoms with van der Waals surface area (Å²) in [7, 11) is 2.04. The summed E-state index contributed by atoms with van der Waals surface area (Å²) in [6, 6.07) is 4.91. The van der Waals surface area contributed by atoms with Gasteiger partial charge in [-0.1, -0.05) is 12.5 Å². The molecule has 18 heavy (non-hydrogen) atoms. The third-order valence-corrected chi connectivity index (χ3v) is 4.14. The summed E-state index contributed by atoms with van der Waals surface area (Å²) >= 11 is 0. The van der Waals surface area contributed by atoms with E-state index in [9.17, 15) is 0 Å². The molecule has 2 nitrogen and oxygen atoms in total. The molecule has 0 saturated heterocycles. The molecular weight excluding hydrogens is 222 g/mol. The lowest BCUT2D eigenvalue weighted by atomic mass is 9.92.